The molecule has 2 aromatic rings. The molecule has 0 aromatic heterocycles. The van der Waals surface area contributed by atoms with Crippen molar-refractivity contribution < 1.29 is 14.4 Å². The van der Waals surface area contributed by atoms with Crippen LogP contribution in [0.1, 0.15) is 28.4 Å². The maximum atomic E-state index is 12.3. The Morgan fingerprint density at radius 3 is 2.29 bits per heavy atom. The van der Waals surface area contributed by atoms with E-state index in [0.717, 1.165) is 12.0 Å². The van der Waals surface area contributed by atoms with Crippen LogP contribution in [0.2, 0.25) is 0 Å². The number of hydrogen-bond acceptors (Lipinski definition) is 3. The second-order valence-electron chi connectivity index (χ2n) is 5.83. The van der Waals surface area contributed by atoms with Gasteiger partial charge in [0.25, 0.3) is 0 Å². The lowest BCUT2D eigenvalue weighted by Crippen LogP contribution is -2.42. The third-order valence-electron chi connectivity index (χ3n) is 4.16. The molecule has 5 nitrogen and oxygen atoms in total. The number of carbonyl (C=O) groups is 3. The van der Waals surface area contributed by atoms with Crippen LogP contribution in [0.5, 0.6) is 0 Å². The van der Waals surface area contributed by atoms with Crippen LogP contribution in [0.4, 0.5) is 5.69 Å². The summed E-state index contributed by atoms with van der Waals surface area (Å²) in [6.07, 6.45) is 0.752. The molecule has 0 fully saturated rings. The molecule has 0 saturated heterocycles. The van der Waals surface area contributed by atoms with Gasteiger partial charge in [0.2, 0.25) is 0 Å². The number of nitrogens with zero attached hydrogens (tertiary/aromatic N) is 1. The molecule has 1 N–H and O–H groups in total. The van der Waals surface area contributed by atoms with Crippen LogP contribution < -0.4 is 5.32 Å². The van der Waals surface area contributed by atoms with E-state index in [2.05, 4.69) is 5.32 Å². The molecule has 0 bridgehead atoms. The quantitative estimate of drug-likeness (QED) is 0.682. The summed E-state index contributed by atoms with van der Waals surface area (Å²) in [5.74, 6) is -1.25. The van der Waals surface area contributed by atoms with Gasteiger partial charge in [-0.2, -0.15) is 0 Å². The normalized spacial score (nSPS) is 13.1. The molecule has 5 heteroatoms. The topological polar surface area (TPSA) is 66.5 Å². The highest BCUT2D eigenvalue weighted by molar-refractivity contribution is 6.39. The van der Waals surface area contributed by atoms with Gasteiger partial charge in [0.1, 0.15) is 0 Å². The van der Waals surface area contributed by atoms with Crippen molar-refractivity contribution in [2.24, 2.45) is 0 Å². The van der Waals surface area contributed by atoms with E-state index in [4.69, 9.17) is 0 Å². The molecule has 1 heterocycles. The molecule has 24 heavy (non-hydrogen) atoms. The first-order valence-corrected chi connectivity index (χ1v) is 7.82. The van der Waals surface area contributed by atoms with Gasteiger partial charge < -0.3 is 10.2 Å². The van der Waals surface area contributed by atoms with Crippen molar-refractivity contribution in [1.82, 2.24) is 4.90 Å². The first-order valence-electron chi connectivity index (χ1n) is 7.82. The van der Waals surface area contributed by atoms with Gasteiger partial charge in [-0.05, 0) is 48.7 Å². The van der Waals surface area contributed by atoms with Crippen LogP contribution >= 0.6 is 0 Å². The van der Waals surface area contributed by atoms with E-state index < -0.39 is 11.8 Å². The highest BCUT2D eigenvalue weighted by Crippen LogP contribution is 2.19. The minimum absolute atomic E-state index is 0.0454. The van der Waals surface area contributed by atoms with E-state index in [1.165, 1.54) is 12.5 Å². The molecule has 0 saturated carbocycles. The van der Waals surface area contributed by atoms with E-state index >= 15 is 0 Å². The van der Waals surface area contributed by atoms with Gasteiger partial charge in [-0.1, -0.05) is 24.3 Å². The van der Waals surface area contributed by atoms with E-state index in [1.807, 2.05) is 24.3 Å². The smallest absolute Gasteiger partial charge is 0.313 e. The summed E-state index contributed by atoms with van der Waals surface area (Å²) in [6.45, 7) is 2.46. The lowest BCUT2D eigenvalue weighted by atomic mass is 10.00. The van der Waals surface area contributed by atoms with Crippen LogP contribution in [0, 0.1) is 0 Å². The lowest BCUT2D eigenvalue weighted by Gasteiger charge is -2.28. The highest BCUT2D eigenvalue weighted by atomic mass is 16.2. The summed E-state index contributed by atoms with van der Waals surface area (Å²) < 4.78 is 0. The van der Waals surface area contributed by atoms with Gasteiger partial charge in [-0.25, -0.2) is 0 Å². The molecule has 0 radical (unpaired) electrons. The average Bonchev–Trinajstić information content (AvgIpc) is 2.61. The van der Waals surface area contributed by atoms with Crippen LogP contribution in [0.3, 0.4) is 0 Å². The molecule has 0 unspecified atom stereocenters. The van der Waals surface area contributed by atoms with Crippen molar-refractivity contribution in [1.29, 1.82) is 0 Å². The SMILES string of the molecule is CC(=O)c1ccc(NC(=O)C(=O)N2CCc3ccccc3C2)cc1. The number of carbonyl (C=O) groups excluding carboxylic acids is 3. The summed E-state index contributed by atoms with van der Waals surface area (Å²) in [4.78, 5) is 37.3. The second kappa shape index (κ2) is 6.66. The maximum absolute atomic E-state index is 12.3. The van der Waals surface area contributed by atoms with Crippen LogP contribution in [0.25, 0.3) is 0 Å². The summed E-state index contributed by atoms with van der Waals surface area (Å²) in [7, 11) is 0. The predicted molar refractivity (Wildman–Crippen MR) is 90.6 cm³/mol. The Balaban J connectivity index is 1.65. The number of Topliss-reactive ketones (excluding diaryl/α,β-unsaturated/α-hetero) is 1. The number of rotatable bonds is 2. The minimum atomic E-state index is -0.662. The first-order chi connectivity index (χ1) is 11.5. The van der Waals surface area contributed by atoms with Crippen LogP contribution in [0.15, 0.2) is 48.5 Å². The number of benzene rings is 2. The monoisotopic (exact) mass is 322 g/mol. The average molecular weight is 322 g/mol. The molecule has 0 atom stereocenters. The number of ketones is 1. The highest BCUT2D eigenvalue weighted by Gasteiger charge is 2.25. The number of fused-ring (bicyclic) bond motifs is 1. The molecule has 1 aliphatic heterocycles. The Labute approximate surface area is 140 Å². The molecule has 0 spiro atoms. The van der Waals surface area contributed by atoms with Gasteiger partial charge in [-0.3, -0.25) is 14.4 Å². The van der Waals surface area contributed by atoms with Gasteiger partial charge in [0.15, 0.2) is 5.78 Å². The molecule has 2 amide bonds. The summed E-state index contributed by atoms with van der Waals surface area (Å²) in [5.41, 5.74) is 3.36. The lowest BCUT2D eigenvalue weighted by molar-refractivity contribution is -0.143. The van der Waals surface area contributed by atoms with Crippen molar-refractivity contribution in [2.45, 2.75) is 19.9 Å². The Kier molecular flexibility index (Phi) is 4.42. The number of anilines is 1. The summed E-state index contributed by atoms with van der Waals surface area (Å²) in [6, 6.07) is 14.4. The summed E-state index contributed by atoms with van der Waals surface area (Å²) in [5, 5.41) is 2.59. The minimum Gasteiger partial charge on any atom is -0.330 e. The largest absolute Gasteiger partial charge is 0.330 e. The molecule has 1 aliphatic rings. The van der Waals surface area contributed by atoms with Gasteiger partial charge >= 0.3 is 11.8 Å². The van der Waals surface area contributed by atoms with Gasteiger partial charge in [-0.15, -0.1) is 0 Å². The third-order valence-corrected chi connectivity index (χ3v) is 4.16. The number of amides is 2. The zero-order valence-electron chi connectivity index (χ0n) is 13.4. The number of nitrogens with one attached hydrogen (secondary N) is 1. The standard InChI is InChI=1S/C19H18N2O3/c1-13(22)14-6-8-17(9-7-14)20-18(23)19(24)21-11-10-15-4-2-3-5-16(15)12-21/h2-9H,10-12H2,1H3,(H,20,23). The van der Waals surface area contributed by atoms with Crippen molar-refractivity contribution in [2.75, 3.05) is 11.9 Å². The van der Waals surface area contributed by atoms with Crippen molar-refractivity contribution in [3.05, 3.63) is 65.2 Å². The molecule has 122 valence electrons. The van der Waals surface area contributed by atoms with E-state index in [-0.39, 0.29) is 5.78 Å². The Bertz CT molecular complexity index is 797. The van der Waals surface area contributed by atoms with Crippen molar-refractivity contribution >= 4 is 23.3 Å². The molecule has 3 rings (SSSR count). The Morgan fingerprint density at radius 2 is 1.62 bits per heavy atom. The van der Waals surface area contributed by atoms with E-state index in [9.17, 15) is 14.4 Å². The van der Waals surface area contributed by atoms with Crippen molar-refractivity contribution in [3.63, 3.8) is 0 Å². The van der Waals surface area contributed by atoms with E-state index in [0.29, 0.717) is 24.3 Å². The first kappa shape index (κ1) is 15.9. The van der Waals surface area contributed by atoms with Crippen molar-refractivity contribution in [3.8, 4) is 0 Å². The second-order valence-corrected chi connectivity index (χ2v) is 5.83. The van der Waals surface area contributed by atoms with E-state index in [1.54, 1.807) is 29.2 Å². The Hall–Kier alpha value is -2.95. The molecule has 2 aromatic carbocycles. The fourth-order valence-electron chi connectivity index (χ4n) is 2.79. The van der Waals surface area contributed by atoms with Gasteiger partial charge in [0.05, 0.1) is 0 Å². The van der Waals surface area contributed by atoms with Crippen LogP contribution in [-0.2, 0) is 22.6 Å². The molecule has 0 aliphatic carbocycles. The fourth-order valence-corrected chi connectivity index (χ4v) is 2.79. The zero-order valence-corrected chi connectivity index (χ0v) is 13.4. The van der Waals surface area contributed by atoms with Crippen LogP contribution in [-0.4, -0.2) is 29.0 Å². The molecular weight excluding hydrogens is 304 g/mol. The fraction of sp³-hybridized carbons (Fsp3) is 0.211. The molecular formula is C19H18N2O3. The predicted octanol–water partition coefficient (Wildman–Crippen LogP) is 2.41. The zero-order chi connectivity index (χ0) is 17.1. The summed E-state index contributed by atoms with van der Waals surface area (Å²) >= 11 is 0. The number of hydrogen-bond donors (Lipinski definition) is 1. The Morgan fingerprint density at radius 1 is 0.958 bits per heavy atom. The third kappa shape index (κ3) is 3.35. The van der Waals surface area contributed by atoms with Gasteiger partial charge in [0, 0.05) is 24.3 Å². The maximum Gasteiger partial charge on any atom is 0.313 e.